The van der Waals surface area contributed by atoms with Gasteiger partial charge in [0.05, 0.1) is 22.7 Å². The molecule has 0 fully saturated rings. The highest BCUT2D eigenvalue weighted by atomic mass is 16.4. The molecule has 0 N–H and O–H groups in total. The van der Waals surface area contributed by atoms with Gasteiger partial charge in [-0.1, -0.05) is 160 Å². The molecule has 0 saturated heterocycles. The van der Waals surface area contributed by atoms with E-state index in [0.29, 0.717) is 17.8 Å². The minimum absolute atomic E-state index is 0.140. The first-order chi connectivity index (χ1) is 29.3. The average Bonchev–Trinajstić information content (AvgIpc) is 3.26. The van der Waals surface area contributed by atoms with Gasteiger partial charge in [0.25, 0.3) is 0 Å². The Morgan fingerprint density at radius 2 is 0.836 bits per heavy atom. The van der Waals surface area contributed by atoms with Crippen LogP contribution in [0.3, 0.4) is 0 Å². The van der Waals surface area contributed by atoms with E-state index in [2.05, 4.69) is 225 Å². The van der Waals surface area contributed by atoms with Crippen molar-refractivity contribution in [3.05, 3.63) is 185 Å². The van der Waals surface area contributed by atoms with Gasteiger partial charge in [0.2, 0.25) is 0 Å². The van der Waals surface area contributed by atoms with E-state index in [1.165, 1.54) is 78.2 Å². The first-order valence-corrected chi connectivity index (χ1v) is 22.4. The quantitative estimate of drug-likeness (QED) is 0.156. The molecule has 0 aromatic heterocycles. The first-order valence-electron chi connectivity index (χ1n) is 22.4. The average molecular weight is 797 g/mol. The molecule has 0 amide bonds. The molecule has 3 nitrogen and oxygen atoms in total. The summed E-state index contributed by atoms with van der Waals surface area (Å²) in [4.78, 5) is 4.95. The van der Waals surface area contributed by atoms with Gasteiger partial charge in [0, 0.05) is 27.8 Å². The largest absolute Gasteiger partial charge is 0.551 e. The molecule has 304 valence electrons. The maximum Gasteiger partial charge on any atom is 0.427 e. The topological polar surface area (TPSA) is 15.7 Å². The smallest absolute Gasteiger partial charge is 0.427 e. The summed E-state index contributed by atoms with van der Waals surface area (Å²) in [7, 11) is 0. The van der Waals surface area contributed by atoms with E-state index in [1.807, 2.05) is 0 Å². The Morgan fingerprint density at radius 3 is 1.25 bits per heavy atom. The zero-order valence-corrected chi connectivity index (χ0v) is 37.5. The SMILES string of the molecule is CC(C)c1cc(C(C)C)c(B2Oc3ccc(N4c5ccccc5C(C)(C)c5ccccc54)cc3-c3cc(N4c5ccccc5C(C)(C)c5ccccc54)ccc32)c(C(C)C)c1. The molecular weight excluding hydrogens is 739 g/mol. The molecule has 0 saturated carbocycles. The van der Waals surface area contributed by atoms with Gasteiger partial charge < -0.3 is 14.5 Å². The van der Waals surface area contributed by atoms with Gasteiger partial charge in [-0.05, 0) is 128 Å². The van der Waals surface area contributed by atoms with E-state index in [9.17, 15) is 0 Å². The highest BCUT2D eigenvalue weighted by molar-refractivity contribution is 6.83. The summed E-state index contributed by atoms with van der Waals surface area (Å²) < 4.78 is 7.43. The van der Waals surface area contributed by atoms with Gasteiger partial charge >= 0.3 is 6.92 Å². The van der Waals surface area contributed by atoms with E-state index >= 15 is 0 Å². The van der Waals surface area contributed by atoms with Crippen molar-refractivity contribution in [2.45, 2.75) is 97.8 Å². The fourth-order valence-corrected chi connectivity index (χ4v) is 10.7. The molecule has 0 radical (unpaired) electrons. The van der Waals surface area contributed by atoms with Crippen LogP contribution in [-0.4, -0.2) is 6.92 Å². The second kappa shape index (κ2) is 14.3. The Balaban J connectivity index is 1.23. The number of benzene rings is 7. The Labute approximate surface area is 364 Å². The zero-order valence-electron chi connectivity index (χ0n) is 37.5. The molecule has 10 rings (SSSR count). The van der Waals surface area contributed by atoms with Gasteiger partial charge in [0.15, 0.2) is 0 Å². The summed E-state index contributed by atoms with van der Waals surface area (Å²) in [6, 6.07) is 54.7. The number of anilines is 6. The van der Waals surface area contributed by atoms with Crippen LogP contribution in [-0.2, 0) is 10.8 Å². The van der Waals surface area contributed by atoms with Crippen LogP contribution in [0.1, 0.15) is 126 Å². The Hall–Kier alpha value is -6.00. The van der Waals surface area contributed by atoms with Crippen LogP contribution in [0, 0.1) is 0 Å². The summed E-state index contributed by atoms with van der Waals surface area (Å²) >= 11 is 0. The van der Waals surface area contributed by atoms with Crippen LogP contribution in [0.4, 0.5) is 34.1 Å². The second-order valence-electron chi connectivity index (χ2n) is 19.5. The summed E-state index contributed by atoms with van der Waals surface area (Å²) in [6.07, 6.45) is 0. The molecule has 0 atom stereocenters. The number of para-hydroxylation sites is 4. The van der Waals surface area contributed by atoms with E-state index in [0.717, 1.165) is 22.7 Å². The molecule has 3 heterocycles. The number of hydrogen-bond donors (Lipinski definition) is 0. The van der Waals surface area contributed by atoms with Crippen molar-refractivity contribution in [1.82, 2.24) is 0 Å². The Bertz CT molecular complexity index is 2740. The minimum Gasteiger partial charge on any atom is -0.551 e. The highest BCUT2D eigenvalue weighted by Gasteiger charge is 2.41. The van der Waals surface area contributed by atoms with Gasteiger partial charge in [-0.25, -0.2) is 0 Å². The van der Waals surface area contributed by atoms with Crippen LogP contribution < -0.4 is 25.4 Å². The second-order valence-corrected chi connectivity index (χ2v) is 19.5. The molecule has 0 spiro atoms. The molecule has 4 heteroatoms. The van der Waals surface area contributed by atoms with Gasteiger partial charge in [-0.3, -0.25) is 0 Å². The lowest BCUT2D eigenvalue weighted by molar-refractivity contribution is 0.588. The summed E-state index contributed by atoms with van der Waals surface area (Å²) in [5.41, 5.74) is 21.1. The fourth-order valence-electron chi connectivity index (χ4n) is 10.7. The molecule has 3 aliphatic rings. The lowest BCUT2D eigenvalue weighted by atomic mass is 9.49. The molecule has 7 aromatic carbocycles. The molecular formula is C57H57BN2O. The minimum atomic E-state index is -0.268. The normalized spacial score (nSPS) is 15.5. The Morgan fingerprint density at radius 1 is 0.443 bits per heavy atom. The first kappa shape index (κ1) is 39.2. The van der Waals surface area contributed by atoms with E-state index < -0.39 is 0 Å². The number of fused-ring (bicyclic) bond motifs is 7. The lowest BCUT2D eigenvalue weighted by Gasteiger charge is -2.42. The Kier molecular flexibility index (Phi) is 9.18. The fraction of sp³-hybridized carbons (Fsp3) is 0.263. The standard InChI is InChI=1S/C57H57BN2O/c1-35(2)38-31-41(36(3)4)55(42(32-38)37(5)6)58-49-29-27-39(59-50-23-15-11-19-45(50)56(7,8)46-20-12-16-24-51(46)59)33-43(49)44-34-40(28-30-54(44)61-58)60-52-25-17-13-21-47(52)57(9,10)48-22-14-18-26-53(48)60/h11-37H,1-10H3. The van der Waals surface area contributed by atoms with E-state index in [1.54, 1.807) is 0 Å². The molecule has 3 aliphatic heterocycles. The van der Waals surface area contributed by atoms with Crippen molar-refractivity contribution in [2.75, 3.05) is 9.80 Å². The summed E-state index contributed by atoms with van der Waals surface area (Å²) in [5, 5.41) is 0. The number of nitrogens with zero attached hydrogens (tertiary/aromatic N) is 2. The summed E-state index contributed by atoms with van der Waals surface area (Å²) in [5.74, 6) is 2.00. The molecule has 0 aliphatic carbocycles. The van der Waals surface area contributed by atoms with Crippen molar-refractivity contribution in [2.24, 2.45) is 0 Å². The van der Waals surface area contributed by atoms with Crippen molar-refractivity contribution in [3.8, 4) is 16.9 Å². The van der Waals surface area contributed by atoms with Crippen LogP contribution in [0.25, 0.3) is 11.1 Å². The van der Waals surface area contributed by atoms with Gasteiger partial charge in [-0.15, -0.1) is 0 Å². The zero-order chi connectivity index (χ0) is 42.5. The van der Waals surface area contributed by atoms with Crippen LogP contribution in [0.15, 0.2) is 146 Å². The summed E-state index contributed by atoms with van der Waals surface area (Å²) in [6.45, 7) is 23.1. The number of rotatable bonds is 6. The highest BCUT2D eigenvalue weighted by Crippen LogP contribution is 2.54. The van der Waals surface area contributed by atoms with Gasteiger partial charge in [-0.2, -0.15) is 0 Å². The van der Waals surface area contributed by atoms with E-state index in [4.69, 9.17) is 4.65 Å². The monoisotopic (exact) mass is 796 g/mol. The van der Waals surface area contributed by atoms with Crippen LogP contribution in [0.5, 0.6) is 5.75 Å². The van der Waals surface area contributed by atoms with Crippen molar-refractivity contribution in [3.63, 3.8) is 0 Å². The lowest BCUT2D eigenvalue weighted by Crippen LogP contribution is -2.53. The van der Waals surface area contributed by atoms with Crippen LogP contribution in [0.2, 0.25) is 0 Å². The van der Waals surface area contributed by atoms with Crippen molar-refractivity contribution >= 4 is 52.0 Å². The van der Waals surface area contributed by atoms with Crippen molar-refractivity contribution in [1.29, 1.82) is 0 Å². The predicted octanol–water partition coefficient (Wildman–Crippen LogP) is 14.4. The van der Waals surface area contributed by atoms with E-state index in [-0.39, 0.29) is 17.7 Å². The third-order valence-corrected chi connectivity index (χ3v) is 14.0. The molecule has 7 aromatic rings. The van der Waals surface area contributed by atoms with Crippen molar-refractivity contribution < 1.29 is 4.65 Å². The third-order valence-electron chi connectivity index (χ3n) is 14.0. The third kappa shape index (κ3) is 6.00. The molecule has 0 bridgehead atoms. The number of hydrogen-bond acceptors (Lipinski definition) is 3. The predicted molar refractivity (Wildman–Crippen MR) is 260 cm³/mol. The maximum absolute atomic E-state index is 7.43. The molecule has 61 heavy (non-hydrogen) atoms. The maximum atomic E-state index is 7.43. The van der Waals surface area contributed by atoms with Gasteiger partial charge in [0.1, 0.15) is 5.75 Å². The molecule has 0 unspecified atom stereocenters. The van der Waals surface area contributed by atoms with Crippen LogP contribution >= 0.6 is 0 Å².